The Balaban J connectivity index is 2.20. The number of rotatable bonds is 4. The van der Waals surface area contributed by atoms with Crippen LogP contribution in [0.3, 0.4) is 0 Å². The fourth-order valence-electron chi connectivity index (χ4n) is 1.96. The summed E-state index contributed by atoms with van der Waals surface area (Å²) in [4.78, 5) is 22.9. The average Bonchev–Trinajstić information content (AvgIpc) is 2.74. The SMILES string of the molecule is Cc1nn(C)c(C(=O)Sc2ccc(OC(F)(F)F)cc2)c1[N+](=O)[O-]. The molecule has 0 aliphatic heterocycles. The monoisotopic (exact) mass is 361 g/mol. The van der Waals surface area contributed by atoms with Crippen molar-refractivity contribution in [2.24, 2.45) is 7.05 Å². The van der Waals surface area contributed by atoms with Crippen molar-refractivity contribution in [3.8, 4) is 5.75 Å². The molecule has 1 aromatic carbocycles. The third-order valence-corrected chi connectivity index (χ3v) is 3.72. The Morgan fingerprint density at radius 1 is 1.33 bits per heavy atom. The van der Waals surface area contributed by atoms with E-state index in [4.69, 9.17) is 0 Å². The maximum absolute atomic E-state index is 12.3. The van der Waals surface area contributed by atoms with Gasteiger partial charge in [-0.1, -0.05) is 0 Å². The largest absolute Gasteiger partial charge is 0.573 e. The molecule has 1 aromatic heterocycles. The summed E-state index contributed by atoms with van der Waals surface area (Å²) in [6.45, 7) is 1.41. The molecule has 0 fully saturated rings. The average molecular weight is 361 g/mol. The minimum atomic E-state index is -4.81. The van der Waals surface area contributed by atoms with Gasteiger partial charge in [0.05, 0.1) is 4.92 Å². The number of carbonyl (C=O) groups is 1. The summed E-state index contributed by atoms with van der Waals surface area (Å²) in [5.74, 6) is -0.429. The first-order valence-corrected chi connectivity index (χ1v) is 7.16. The molecule has 0 unspecified atom stereocenters. The quantitative estimate of drug-likeness (QED) is 0.471. The molecule has 0 saturated heterocycles. The Morgan fingerprint density at radius 2 is 1.92 bits per heavy atom. The molecule has 2 aromatic rings. The molecule has 0 spiro atoms. The Kier molecular flexibility index (Phi) is 4.83. The van der Waals surface area contributed by atoms with Gasteiger partial charge in [-0.3, -0.25) is 19.6 Å². The zero-order valence-electron chi connectivity index (χ0n) is 12.3. The summed E-state index contributed by atoms with van der Waals surface area (Å²) < 4.78 is 41.1. The molecule has 11 heteroatoms. The number of nitrogens with zero attached hydrogens (tertiary/aromatic N) is 3. The van der Waals surface area contributed by atoms with E-state index in [1.54, 1.807) is 0 Å². The Labute approximate surface area is 137 Å². The van der Waals surface area contributed by atoms with Crippen molar-refractivity contribution in [2.45, 2.75) is 18.2 Å². The first kappa shape index (κ1) is 17.8. The van der Waals surface area contributed by atoms with Crippen LogP contribution in [0, 0.1) is 17.0 Å². The summed E-state index contributed by atoms with van der Waals surface area (Å²) in [6.07, 6.45) is -4.81. The van der Waals surface area contributed by atoms with Crippen LogP contribution in [0.2, 0.25) is 0 Å². The van der Waals surface area contributed by atoms with Gasteiger partial charge >= 0.3 is 12.0 Å². The van der Waals surface area contributed by atoms with E-state index in [9.17, 15) is 28.1 Å². The van der Waals surface area contributed by atoms with Gasteiger partial charge < -0.3 is 4.74 Å². The van der Waals surface area contributed by atoms with Gasteiger partial charge in [-0.05, 0) is 43.0 Å². The van der Waals surface area contributed by atoms with Crippen molar-refractivity contribution in [3.05, 3.63) is 45.8 Å². The second kappa shape index (κ2) is 6.51. The predicted octanol–water partition coefficient (Wildman–Crippen LogP) is 3.47. The van der Waals surface area contributed by atoms with Gasteiger partial charge in [0.1, 0.15) is 11.4 Å². The number of hydrogen-bond acceptors (Lipinski definition) is 6. The van der Waals surface area contributed by atoms with Gasteiger partial charge in [0.2, 0.25) is 5.12 Å². The van der Waals surface area contributed by atoms with Gasteiger partial charge in [0.15, 0.2) is 5.69 Å². The third kappa shape index (κ3) is 4.04. The van der Waals surface area contributed by atoms with E-state index in [2.05, 4.69) is 9.84 Å². The molecule has 0 amide bonds. The molecule has 0 N–H and O–H groups in total. The fourth-order valence-corrected chi connectivity index (χ4v) is 2.77. The smallest absolute Gasteiger partial charge is 0.406 e. The van der Waals surface area contributed by atoms with Crippen molar-refractivity contribution in [1.29, 1.82) is 0 Å². The second-order valence-electron chi connectivity index (χ2n) is 4.57. The van der Waals surface area contributed by atoms with E-state index in [1.165, 1.54) is 26.1 Å². The van der Waals surface area contributed by atoms with E-state index in [0.717, 1.165) is 16.8 Å². The van der Waals surface area contributed by atoms with Crippen molar-refractivity contribution in [3.63, 3.8) is 0 Å². The highest BCUT2D eigenvalue weighted by atomic mass is 32.2. The number of thioether (sulfide) groups is 1. The molecule has 0 atom stereocenters. The molecule has 24 heavy (non-hydrogen) atoms. The van der Waals surface area contributed by atoms with E-state index in [0.29, 0.717) is 16.7 Å². The fraction of sp³-hybridized carbons (Fsp3) is 0.231. The number of hydrogen-bond donors (Lipinski definition) is 0. The van der Waals surface area contributed by atoms with Gasteiger partial charge in [0, 0.05) is 11.9 Å². The van der Waals surface area contributed by atoms with Crippen LogP contribution < -0.4 is 4.74 Å². The number of carbonyl (C=O) groups excluding carboxylic acids is 1. The molecule has 1 heterocycles. The Bertz CT molecular complexity index is 787. The Hall–Kier alpha value is -2.56. The van der Waals surface area contributed by atoms with Crippen molar-refractivity contribution in [1.82, 2.24) is 9.78 Å². The number of aryl methyl sites for hydroxylation is 2. The molecular formula is C13H10F3N3O4S. The van der Waals surface area contributed by atoms with Gasteiger partial charge in [0.25, 0.3) is 0 Å². The van der Waals surface area contributed by atoms with Crippen LogP contribution in [0.15, 0.2) is 29.2 Å². The zero-order chi connectivity index (χ0) is 18.1. The van der Waals surface area contributed by atoms with Crippen LogP contribution in [0.25, 0.3) is 0 Å². The van der Waals surface area contributed by atoms with Crippen LogP contribution in [0.5, 0.6) is 5.75 Å². The molecule has 0 aliphatic carbocycles. The normalized spacial score (nSPS) is 11.4. The van der Waals surface area contributed by atoms with Crippen LogP contribution in [0.4, 0.5) is 18.9 Å². The molecule has 2 rings (SSSR count). The first-order chi connectivity index (χ1) is 11.1. The predicted molar refractivity (Wildman–Crippen MR) is 77.9 cm³/mol. The molecular weight excluding hydrogens is 351 g/mol. The highest BCUT2D eigenvalue weighted by Crippen LogP contribution is 2.31. The lowest BCUT2D eigenvalue weighted by atomic mass is 10.3. The minimum absolute atomic E-state index is 0.0976. The van der Waals surface area contributed by atoms with Gasteiger partial charge in [-0.15, -0.1) is 13.2 Å². The first-order valence-electron chi connectivity index (χ1n) is 6.34. The lowest BCUT2D eigenvalue weighted by Crippen LogP contribution is -2.16. The van der Waals surface area contributed by atoms with Crippen molar-refractivity contribution >= 4 is 22.6 Å². The maximum Gasteiger partial charge on any atom is 0.573 e. The highest BCUT2D eigenvalue weighted by Gasteiger charge is 2.31. The lowest BCUT2D eigenvalue weighted by Gasteiger charge is -2.08. The summed E-state index contributed by atoms with van der Waals surface area (Å²) in [5, 5.41) is 14.3. The molecule has 0 aliphatic rings. The Morgan fingerprint density at radius 3 is 2.42 bits per heavy atom. The molecule has 128 valence electrons. The van der Waals surface area contributed by atoms with Crippen LogP contribution in [0.1, 0.15) is 16.2 Å². The maximum atomic E-state index is 12.3. The lowest BCUT2D eigenvalue weighted by molar-refractivity contribution is -0.385. The van der Waals surface area contributed by atoms with E-state index >= 15 is 0 Å². The number of alkyl halides is 3. The number of aromatic nitrogens is 2. The van der Waals surface area contributed by atoms with Gasteiger partial charge in [-0.25, -0.2) is 0 Å². The number of ether oxygens (including phenoxy) is 1. The highest BCUT2D eigenvalue weighted by molar-refractivity contribution is 8.14. The van der Waals surface area contributed by atoms with Crippen molar-refractivity contribution in [2.75, 3.05) is 0 Å². The summed E-state index contributed by atoms with van der Waals surface area (Å²) in [6, 6.07) is 4.59. The van der Waals surface area contributed by atoms with Gasteiger partial charge in [-0.2, -0.15) is 5.10 Å². The summed E-state index contributed by atoms with van der Waals surface area (Å²) >= 11 is 0.641. The molecule has 0 radical (unpaired) electrons. The van der Waals surface area contributed by atoms with Crippen LogP contribution in [-0.2, 0) is 7.05 Å². The summed E-state index contributed by atoms with van der Waals surface area (Å²) in [7, 11) is 1.40. The van der Waals surface area contributed by atoms with Crippen LogP contribution in [-0.4, -0.2) is 26.2 Å². The molecule has 7 nitrogen and oxygen atoms in total. The minimum Gasteiger partial charge on any atom is -0.406 e. The molecule has 0 saturated carbocycles. The zero-order valence-corrected chi connectivity index (χ0v) is 13.1. The third-order valence-electron chi connectivity index (χ3n) is 2.83. The number of nitro groups is 1. The number of halogens is 3. The van der Waals surface area contributed by atoms with Crippen molar-refractivity contribution < 1.29 is 27.6 Å². The van der Waals surface area contributed by atoms with E-state index < -0.39 is 27.8 Å². The number of benzene rings is 1. The van der Waals surface area contributed by atoms with E-state index in [1.807, 2.05) is 0 Å². The summed E-state index contributed by atoms with van der Waals surface area (Å²) in [5.41, 5.74) is -0.495. The second-order valence-corrected chi connectivity index (χ2v) is 5.62. The topological polar surface area (TPSA) is 87.3 Å². The molecule has 0 bridgehead atoms. The van der Waals surface area contributed by atoms with E-state index in [-0.39, 0.29) is 11.4 Å². The van der Waals surface area contributed by atoms with Crippen LogP contribution >= 0.6 is 11.8 Å². The standard InChI is InChI=1S/C13H10F3N3O4S/c1-7-10(19(21)22)11(18(2)17-7)12(20)24-9-5-3-8(4-6-9)23-13(14,15)16/h3-6H,1-2H3.